The molecule has 102 valence electrons. The van der Waals surface area contributed by atoms with Crippen molar-refractivity contribution in [2.75, 3.05) is 5.75 Å². The van der Waals surface area contributed by atoms with E-state index in [1.807, 2.05) is 41.2 Å². The Morgan fingerprint density at radius 2 is 2.00 bits per heavy atom. The summed E-state index contributed by atoms with van der Waals surface area (Å²) in [5.74, 6) is 1.08. The molecule has 3 aromatic rings. The third-order valence-electron chi connectivity index (χ3n) is 3.07. The number of benzene rings is 1. The Morgan fingerprint density at radius 3 is 2.80 bits per heavy atom. The van der Waals surface area contributed by atoms with Gasteiger partial charge in [-0.2, -0.15) is 5.10 Å². The van der Waals surface area contributed by atoms with Crippen LogP contribution in [0.3, 0.4) is 0 Å². The molecule has 0 amide bonds. The molecule has 0 saturated carbocycles. The van der Waals surface area contributed by atoms with Crippen LogP contribution in [-0.2, 0) is 0 Å². The second kappa shape index (κ2) is 6.05. The van der Waals surface area contributed by atoms with E-state index in [0.29, 0.717) is 0 Å². The topological polar surface area (TPSA) is 43.6 Å². The van der Waals surface area contributed by atoms with Crippen molar-refractivity contribution in [2.24, 2.45) is 0 Å². The van der Waals surface area contributed by atoms with Crippen LogP contribution in [0.2, 0.25) is 0 Å². The number of thioether (sulfide) groups is 1. The lowest BCUT2D eigenvalue weighted by Gasteiger charge is -2.03. The Balaban J connectivity index is 1.99. The molecule has 3 rings (SSSR count). The van der Waals surface area contributed by atoms with Crippen LogP contribution >= 0.6 is 11.8 Å². The summed E-state index contributed by atoms with van der Waals surface area (Å²) in [6, 6.07) is 10.1. The largest absolute Gasteiger partial charge is 0.229 e. The molecule has 0 atom stereocenters. The summed E-state index contributed by atoms with van der Waals surface area (Å²) < 4.78 is 1.86. The van der Waals surface area contributed by atoms with E-state index in [2.05, 4.69) is 22.0 Å². The molecular formula is C15H16N4S. The van der Waals surface area contributed by atoms with E-state index in [0.717, 1.165) is 27.5 Å². The first-order valence-electron chi connectivity index (χ1n) is 6.77. The molecule has 0 saturated heterocycles. The van der Waals surface area contributed by atoms with Crippen molar-refractivity contribution in [1.29, 1.82) is 0 Å². The van der Waals surface area contributed by atoms with Gasteiger partial charge in [0.15, 0.2) is 5.65 Å². The molecule has 0 fully saturated rings. The minimum Gasteiger partial charge on any atom is -0.229 e. The summed E-state index contributed by atoms with van der Waals surface area (Å²) in [5.41, 5.74) is 1.89. The van der Waals surface area contributed by atoms with E-state index < -0.39 is 0 Å². The van der Waals surface area contributed by atoms with E-state index in [4.69, 9.17) is 0 Å². The number of hydrogen-bond donors (Lipinski definition) is 0. The van der Waals surface area contributed by atoms with Crippen LogP contribution in [0.25, 0.3) is 16.7 Å². The van der Waals surface area contributed by atoms with E-state index in [-0.39, 0.29) is 0 Å². The summed E-state index contributed by atoms with van der Waals surface area (Å²) in [5, 5.41) is 6.50. The summed E-state index contributed by atoms with van der Waals surface area (Å²) in [4.78, 5) is 8.77. The molecule has 0 aliphatic heterocycles. The van der Waals surface area contributed by atoms with Gasteiger partial charge in [0.05, 0.1) is 17.3 Å². The maximum Gasteiger partial charge on any atom is 0.167 e. The fourth-order valence-electron chi connectivity index (χ4n) is 2.01. The van der Waals surface area contributed by atoms with Crippen LogP contribution in [0, 0.1) is 0 Å². The van der Waals surface area contributed by atoms with Crippen LogP contribution in [-0.4, -0.2) is 25.5 Å². The molecular weight excluding hydrogens is 268 g/mol. The summed E-state index contributed by atoms with van der Waals surface area (Å²) >= 11 is 1.78. The predicted molar refractivity (Wildman–Crippen MR) is 82.3 cm³/mol. The molecule has 1 aromatic carbocycles. The lowest BCUT2D eigenvalue weighted by Crippen LogP contribution is -1.97. The first-order valence-corrected chi connectivity index (χ1v) is 7.75. The first-order chi connectivity index (χ1) is 9.90. The molecule has 2 aromatic heterocycles. The van der Waals surface area contributed by atoms with E-state index >= 15 is 0 Å². The van der Waals surface area contributed by atoms with E-state index in [1.165, 1.54) is 12.8 Å². The monoisotopic (exact) mass is 284 g/mol. The van der Waals surface area contributed by atoms with Crippen molar-refractivity contribution in [3.05, 3.63) is 42.9 Å². The Kier molecular flexibility index (Phi) is 3.97. The highest BCUT2D eigenvalue weighted by molar-refractivity contribution is 7.99. The number of aromatic nitrogens is 4. The number of fused-ring (bicyclic) bond motifs is 1. The fraction of sp³-hybridized carbons (Fsp3) is 0.267. The second-order valence-electron chi connectivity index (χ2n) is 4.51. The number of rotatable bonds is 5. The normalized spacial score (nSPS) is 11.1. The maximum absolute atomic E-state index is 4.46. The van der Waals surface area contributed by atoms with Gasteiger partial charge in [0.25, 0.3) is 0 Å². The van der Waals surface area contributed by atoms with Crippen LogP contribution in [0.1, 0.15) is 19.8 Å². The molecule has 0 unspecified atom stereocenters. The van der Waals surface area contributed by atoms with Gasteiger partial charge >= 0.3 is 0 Å². The third-order valence-corrected chi connectivity index (χ3v) is 4.16. The molecule has 0 N–H and O–H groups in total. The van der Waals surface area contributed by atoms with Crippen LogP contribution < -0.4 is 0 Å². The zero-order valence-electron chi connectivity index (χ0n) is 11.4. The highest BCUT2D eigenvalue weighted by atomic mass is 32.2. The molecule has 20 heavy (non-hydrogen) atoms. The Labute approximate surface area is 122 Å². The van der Waals surface area contributed by atoms with Gasteiger partial charge in [-0.15, -0.1) is 11.8 Å². The zero-order valence-corrected chi connectivity index (χ0v) is 12.2. The van der Waals surface area contributed by atoms with Gasteiger partial charge in [-0.3, -0.25) is 0 Å². The second-order valence-corrected chi connectivity index (χ2v) is 5.59. The average molecular weight is 284 g/mol. The molecule has 0 aliphatic rings. The smallest absolute Gasteiger partial charge is 0.167 e. The summed E-state index contributed by atoms with van der Waals surface area (Å²) in [6.45, 7) is 2.20. The summed E-state index contributed by atoms with van der Waals surface area (Å²) in [7, 11) is 0. The van der Waals surface area contributed by atoms with Crippen LogP contribution in [0.4, 0.5) is 0 Å². The molecule has 2 heterocycles. The molecule has 0 radical (unpaired) electrons. The highest BCUT2D eigenvalue weighted by Gasteiger charge is 2.10. The Bertz CT molecular complexity index is 693. The SMILES string of the molecule is CCCCSc1ncnc2c1cnn2-c1ccccc1. The van der Waals surface area contributed by atoms with Gasteiger partial charge in [-0.1, -0.05) is 31.5 Å². The molecule has 4 nitrogen and oxygen atoms in total. The third kappa shape index (κ3) is 2.54. The summed E-state index contributed by atoms with van der Waals surface area (Å²) in [6.07, 6.45) is 5.88. The number of para-hydroxylation sites is 1. The van der Waals surface area contributed by atoms with Crippen molar-refractivity contribution < 1.29 is 0 Å². The predicted octanol–water partition coefficient (Wildman–Crippen LogP) is 3.71. The van der Waals surface area contributed by atoms with Crippen molar-refractivity contribution in [3.8, 4) is 5.69 Å². The van der Waals surface area contributed by atoms with Crippen molar-refractivity contribution in [1.82, 2.24) is 19.7 Å². The average Bonchev–Trinajstić information content (AvgIpc) is 2.93. The van der Waals surface area contributed by atoms with Gasteiger partial charge in [-0.25, -0.2) is 14.6 Å². The van der Waals surface area contributed by atoms with Gasteiger partial charge in [0.1, 0.15) is 11.4 Å². The molecule has 0 spiro atoms. The number of nitrogens with zero attached hydrogens (tertiary/aromatic N) is 4. The van der Waals surface area contributed by atoms with Crippen molar-refractivity contribution in [3.63, 3.8) is 0 Å². The number of unbranched alkanes of at least 4 members (excludes halogenated alkanes) is 1. The fourth-order valence-corrected chi connectivity index (χ4v) is 3.06. The Hall–Kier alpha value is -1.88. The minimum absolute atomic E-state index is 0.866. The van der Waals surface area contributed by atoms with Gasteiger partial charge < -0.3 is 0 Å². The standard InChI is InChI=1S/C15H16N4S/c1-2-3-9-20-15-13-10-18-19(14(13)16-11-17-15)12-7-5-4-6-8-12/h4-8,10-11H,2-3,9H2,1H3. The van der Waals surface area contributed by atoms with Crippen molar-refractivity contribution >= 4 is 22.8 Å². The highest BCUT2D eigenvalue weighted by Crippen LogP contribution is 2.26. The molecule has 5 heteroatoms. The lowest BCUT2D eigenvalue weighted by atomic mass is 10.3. The zero-order chi connectivity index (χ0) is 13.8. The minimum atomic E-state index is 0.866. The molecule has 0 bridgehead atoms. The van der Waals surface area contributed by atoms with E-state index in [1.54, 1.807) is 18.1 Å². The molecule has 0 aliphatic carbocycles. The Morgan fingerprint density at radius 1 is 1.15 bits per heavy atom. The van der Waals surface area contributed by atoms with Gasteiger partial charge in [0, 0.05) is 0 Å². The first kappa shape index (κ1) is 13.1. The quantitative estimate of drug-likeness (QED) is 0.407. The van der Waals surface area contributed by atoms with Crippen molar-refractivity contribution in [2.45, 2.75) is 24.8 Å². The van der Waals surface area contributed by atoms with Gasteiger partial charge in [-0.05, 0) is 24.3 Å². The number of hydrogen-bond acceptors (Lipinski definition) is 4. The lowest BCUT2D eigenvalue weighted by molar-refractivity contribution is 0.891. The van der Waals surface area contributed by atoms with Gasteiger partial charge in [0.2, 0.25) is 0 Å². The van der Waals surface area contributed by atoms with E-state index in [9.17, 15) is 0 Å². The maximum atomic E-state index is 4.46. The van der Waals surface area contributed by atoms with Crippen LogP contribution in [0.15, 0.2) is 47.9 Å². The van der Waals surface area contributed by atoms with Crippen LogP contribution in [0.5, 0.6) is 0 Å².